The zero-order chi connectivity index (χ0) is 14.4. The molecule has 1 aromatic heterocycles. The molecule has 108 valence electrons. The highest BCUT2D eigenvalue weighted by molar-refractivity contribution is 7.84. The summed E-state index contributed by atoms with van der Waals surface area (Å²) in [5.41, 5.74) is 3.36. The zero-order valence-electron chi connectivity index (χ0n) is 11.9. The quantitative estimate of drug-likeness (QED) is 0.823. The number of benzene rings is 1. The van der Waals surface area contributed by atoms with Gasteiger partial charge in [0.1, 0.15) is 0 Å². The van der Waals surface area contributed by atoms with Crippen molar-refractivity contribution in [2.45, 2.75) is 25.9 Å². The fourth-order valence-electron chi connectivity index (χ4n) is 2.03. The van der Waals surface area contributed by atoms with Crippen LogP contribution in [0.25, 0.3) is 11.3 Å². The maximum absolute atomic E-state index is 11.1. The molecule has 4 nitrogen and oxygen atoms in total. The predicted octanol–water partition coefficient (Wildman–Crippen LogP) is 2.32. The summed E-state index contributed by atoms with van der Waals surface area (Å²) in [7, 11) is -0.719. The van der Waals surface area contributed by atoms with Gasteiger partial charge >= 0.3 is 0 Å². The maximum atomic E-state index is 11.1. The van der Waals surface area contributed by atoms with Gasteiger partial charge in [-0.05, 0) is 18.9 Å². The Hall–Kier alpha value is -1.46. The van der Waals surface area contributed by atoms with E-state index in [1.165, 1.54) is 0 Å². The summed E-state index contributed by atoms with van der Waals surface area (Å²) in [4.78, 5) is 0. The number of nitrogens with zero attached hydrogens (tertiary/aromatic N) is 1. The Balaban J connectivity index is 1.94. The highest BCUT2D eigenvalue weighted by Gasteiger charge is 2.09. The Morgan fingerprint density at radius 1 is 1.35 bits per heavy atom. The van der Waals surface area contributed by atoms with Crippen molar-refractivity contribution >= 4 is 10.8 Å². The molecule has 0 aliphatic rings. The molecule has 0 aliphatic heterocycles. The molecule has 0 saturated carbocycles. The largest absolute Gasteiger partial charge is 0.310 e. The SMILES string of the molecule is CC(CCS(C)=O)NCc1cn[nH]c1-c1ccccc1. The van der Waals surface area contributed by atoms with E-state index in [1.807, 2.05) is 24.4 Å². The van der Waals surface area contributed by atoms with E-state index in [0.29, 0.717) is 6.04 Å². The van der Waals surface area contributed by atoms with E-state index in [-0.39, 0.29) is 0 Å². The molecule has 0 amide bonds. The van der Waals surface area contributed by atoms with E-state index in [1.54, 1.807) is 6.26 Å². The first-order chi connectivity index (χ1) is 9.66. The van der Waals surface area contributed by atoms with Crippen LogP contribution in [0, 0.1) is 0 Å². The molecule has 1 aromatic carbocycles. The van der Waals surface area contributed by atoms with Gasteiger partial charge in [-0.3, -0.25) is 9.31 Å². The summed E-state index contributed by atoms with van der Waals surface area (Å²) in [6.45, 7) is 2.88. The molecule has 0 aliphatic carbocycles. The first-order valence-electron chi connectivity index (χ1n) is 6.78. The summed E-state index contributed by atoms with van der Waals surface area (Å²) in [5.74, 6) is 0.741. The van der Waals surface area contributed by atoms with Gasteiger partial charge in [-0.15, -0.1) is 0 Å². The van der Waals surface area contributed by atoms with Crippen LogP contribution in [-0.2, 0) is 17.3 Å². The number of hydrogen-bond donors (Lipinski definition) is 2. The lowest BCUT2D eigenvalue weighted by molar-refractivity contribution is 0.535. The van der Waals surface area contributed by atoms with Crippen molar-refractivity contribution in [3.63, 3.8) is 0 Å². The van der Waals surface area contributed by atoms with Crippen LogP contribution in [0.4, 0.5) is 0 Å². The second-order valence-electron chi connectivity index (χ2n) is 4.98. The lowest BCUT2D eigenvalue weighted by Gasteiger charge is -2.13. The van der Waals surface area contributed by atoms with Gasteiger partial charge in [0.25, 0.3) is 0 Å². The van der Waals surface area contributed by atoms with Crippen molar-refractivity contribution in [1.82, 2.24) is 15.5 Å². The van der Waals surface area contributed by atoms with Gasteiger partial charge in [0.15, 0.2) is 0 Å². The molecule has 0 spiro atoms. The summed E-state index contributed by atoms with van der Waals surface area (Å²) in [6.07, 6.45) is 4.53. The molecule has 0 radical (unpaired) electrons. The van der Waals surface area contributed by atoms with E-state index >= 15 is 0 Å². The predicted molar refractivity (Wildman–Crippen MR) is 83.9 cm³/mol. The molecule has 0 bridgehead atoms. The van der Waals surface area contributed by atoms with Crippen LogP contribution in [0.15, 0.2) is 36.5 Å². The number of aromatic amines is 1. The lowest BCUT2D eigenvalue weighted by Crippen LogP contribution is -2.27. The van der Waals surface area contributed by atoms with Gasteiger partial charge < -0.3 is 5.32 Å². The third-order valence-corrected chi connectivity index (χ3v) is 4.07. The Kier molecular flexibility index (Phi) is 5.49. The minimum Gasteiger partial charge on any atom is -0.310 e. The van der Waals surface area contributed by atoms with Gasteiger partial charge in [-0.2, -0.15) is 5.10 Å². The number of aromatic nitrogens is 2. The first-order valence-corrected chi connectivity index (χ1v) is 8.50. The summed E-state index contributed by atoms with van der Waals surface area (Å²) < 4.78 is 11.1. The highest BCUT2D eigenvalue weighted by atomic mass is 32.2. The van der Waals surface area contributed by atoms with Crippen molar-refractivity contribution in [2.75, 3.05) is 12.0 Å². The van der Waals surface area contributed by atoms with Gasteiger partial charge in [-0.1, -0.05) is 30.3 Å². The van der Waals surface area contributed by atoms with Gasteiger partial charge in [0.2, 0.25) is 0 Å². The molecular formula is C15H21N3OS. The highest BCUT2D eigenvalue weighted by Crippen LogP contribution is 2.20. The van der Waals surface area contributed by atoms with Crippen LogP contribution >= 0.6 is 0 Å². The molecule has 5 heteroatoms. The number of nitrogens with one attached hydrogen (secondary N) is 2. The number of rotatable bonds is 7. The fraction of sp³-hybridized carbons (Fsp3) is 0.400. The van der Waals surface area contributed by atoms with Crippen LogP contribution in [0.3, 0.4) is 0 Å². The minimum absolute atomic E-state index is 0.345. The van der Waals surface area contributed by atoms with Crippen molar-refractivity contribution in [3.05, 3.63) is 42.1 Å². The Bertz CT molecular complexity index is 553. The van der Waals surface area contributed by atoms with Crippen LogP contribution in [0.1, 0.15) is 18.9 Å². The van der Waals surface area contributed by atoms with Crippen LogP contribution in [0.2, 0.25) is 0 Å². The van der Waals surface area contributed by atoms with E-state index in [4.69, 9.17) is 0 Å². The molecule has 2 aromatic rings. The Labute approximate surface area is 122 Å². The van der Waals surface area contributed by atoms with E-state index in [0.717, 1.165) is 35.5 Å². The molecular weight excluding hydrogens is 270 g/mol. The molecule has 2 unspecified atom stereocenters. The lowest BCUT2D eigenvalue weighted by atomic mass is 10.1. The van der Waals surface area contributed by atoms with E-state index in [9.17, 15) is 4.21 Å². The van der Waals surface area contributed by atoms with E-state index < -0.39 is 10.8 Å². The van der Waals surface area contributed by atoms with Gasteiger partial charge in [0, 0.05) is 41.0 Å². The molecule has 2 N–H and O–H groups in total. The minimum atomic E-state index is -0.719. The third-order valence-electron chi connectivity index (χ3n) is 3.26. The molecule has 20 heavy (non-hydrogen) atoms. The second kappa shape index (κ2) is 7.36. The maximum Gasteiger partial charge on any atom is 0.0695 e. The topological polar surface area (TPSA) is 57.8 Å². The Morgan fingerprint density at radius 3 is 2.80 bits per heavy atom. The smallest absolute Gasteiger partial charge is 0.0695 e. The average molecular weight is 291 g/mol. The van der Waals surface area contributed by atoms with Crippen LogP contribution in [0.5, 0.6) is 0 Å². The Morgan fingerprint density at radius 2 is 2.10 bits per heavy atom. The fourth-order valence-corrected chi connectivity index (χ4v) is 2.71. The number of hydrogen-bond acceptors (Lipinski definition) is 3. The summed E-state index contributed by atoms with van der Waals surface area (Å²) >= 11 is 0. The molecule has 2 atom stereocenters. The third kappa shape index (κ3) is 4.28. The first kappa shape index (κ1) is 14.9. The van der Waals surface area contributed by atoms with Crippen LogP contribution in [-0.4, -0.2) is 32.5 Å². The van der Waals surface area contributed by atoms with Crippen molar-refractivity contribution in [3.8, 4) is 11.3 Å². The standard InChI is InChI=1S/C15H21N3OS/c1-12(8-9-20(2)19)16-10-14-11-17-18-15(14)13-6-4-3-5-7-13/h3-7,11-12,16H,8-10H2,1-2H3,(H,17,18). The average Bonchev–Trinajstić information content (AvgIpc) is 2.92. The summed E-state index contributed by atoms with van der Waals surface area (Å²) in [5, 5.41) is 10.7. The van der Waals surface area contributed by atoms with Crippen molar-refractivity contribution < 1.29 is 4.21 Å². The summed E-state index contributed by atoms with van der Waals surface area (Å²) in [6, 6.07) is 10.5. The molecule has 0 saturated heterocycles. The van der Waals surface area contributed by atoms with Crippen molar-refractivity contribution in [1.29, 1.82) is 0 Å². The molecule has 2 rings (SSSR count). The zero-order valence-corrected chi connectivity index (χ0v) is 12.7. The molecule has 0 fully saturated rings. The molecule has 1 heterocycles. The second-order valence-corrected chi connectivity index (χ2v) is 6.54. The van der Waals surface area contributed by atoms with Crippen LogP contribution < -0.4 is 5.32 Å². The van der Waals surface area contributed by atoms with Crippen molar-refractivity contribution in [2.24, 2.45) is 0 Å². The number of H-pyrrole nitrogens is 1. The normalized spacial score (nSPS) is 14.1. The van der Waals surface area contributed by atoms with E-state index in [2.05, 4.69) is 34.6 Å². The van der Waals surface area contributed by atoms with Gasteiger partial charge in [-0.25, -0.2) is 0 Å². The van der Waals surface area contributed by atoms with Gasteiger partial charge in [0.05, 0.1) is 11.9 Å². The monoisotopic (exact) mass is 291 g/mol.